The number of pyridine rings is 2. The number of para-hydroxylation sites is 1. The lowest BCUT2D eigenvalue weighted by Crippen LogP contribution is -2.01. The van der Waals surface area contributed by atoms with Crippen LogP contribution in [0, 0.1) is 13.8 Å². The van der Waals surface area contributed by atoms with E-state index in [2.05, 4.69) is 9.97 Å². The second-order valence-corrected chi connectivity index (χ2v) is 7.78. The van der Waals surface area contributed by atoms with Gasteiger partial charge in [0.25, 0.3) is 0 Å². The molecule has 0 fully saturated rings. The maximum atomic E-state index is 12.7. The second kappa shape index (κ2) is 6.41. The van der Waals surface area contributed by atoms with Crippen LogP contribution in [0.25, 0.3) is 16.6 Å². The van der Waals surface area contributed by atoms with Crippen molar-refractivity contribution in [2.75, 3.05) is 0 Å². The van der Waals surface area contributed by atoms with Crippen molar-refractivity contribution in [3.8, 4) is 0 Å². The van der Waals surface area contributed by atoms with E-state index in [0.717, 1.165) is 39.1 Å². The van der Waals surface area contributed by atoms with E-state index in [1.807, 2.05) is 73.1 Å². The summed E-state index contributed by atoms with van der Waals surface area (Å²) in [4.78, 5) is 9.18. The van der Waals surface area contributed by atoms with Crippen LogP contribution in [0.1, 0.15) is 22.5 Å². The molecular formula is C20H19N3OS. The van der Waals surface area contributed by atoms with Crippen LogP contribution < -0.4 is 0 Å². The van der Waals surface area contributed by atoms with Gasteiger partial charge in [-0.3, -0.25) is 9.19 Å². The molecule has 0 spiro atoms. The number of rotatable bonds is 4. The highest BCUT2D eigenvalue weighted by Crippen LogP contribution is 2.21. The van der Waals surface area contributed by atoms with Crippen molar-refractivity contribution in [3.63, 3.8) is 0 Å². The van der Waals surface area contributed by atoms with E-state index in [1.54, 1.807) is 0 Å². The van der Waals surface area contributed by atoms with E-state index < -0.39 is 10.8 Å². The highest BCUT2D eigenvalue weighted by Gasteiger charge is 2.11. The molecule has 5 heteroatoms. The van der Waals surface area contributed by atoms with Gasteiger partial charge in [-0.25, -0.2) is 4.98 Å². The number of hydrogen-bond donors (Lipinski definition) is 0. The largest absolute Gasteiger partial charge is 0.307 e. The van der Waals surface area contributed by atoms with Gasteiger partial charge in [0.15, 0.2) is 0 Å². The molecule has 126 valence electrons. The summed E-state index contributed by atoms with van der Waals surface area (Å²) in [7, 11) is -1.02. The van der Waals surface area contributed by atoms with Crippen LogP contribution in [0.5, 0.6) is 0 Å². The SMILES string of the molecule is Cc1cc(C[S@](=O)Cc2cn3cccc(C)c3n2)c2ccccc2n1. The van der Waals surface area contributed by atoms with Crippen molar-refractivity contribution < 1.29 is 4.21 Å². The number of aryl methyl sites for hydroxylation is 2. The highest BCUT2D eigenvalue weighted by molar-refractivity contribution is 7.83. The van der Waals surface area contributed by atoms with E-state index >= 15 is 0 Å². The average Bonchev–Trinajstić information content (AvgIpc) is 2.98. The van der Waals surface area contributed by atoms with E-state index in [4.69, 9.17) is 0 Å². The first-order valence-corrected chi connectivity index (χ1v) is 9.72. The van der Waals surface area contributed by atoms with Crippen molar-refractivity contribution in [3.05, 3.63) is 77.4 Å². The highest BCUT2D eigenvalue weighted by atomic mass is 32.2. The summed E-state index contributed by atoms with van der Waals surface area (Å²) >= 11 is 0. The standard InChI is InChI=1S/C20H19N3OS/c1-14-6-5-9-23-11-17(22-20(14)23)13-25(24)12-16-10-15(2)21-19-8-4-3-7-18(16)19/h3-11H,12-13H2,1-2H3/t25-/m0/s1. The van der Waals surface area contributed by atoms with Crippen molar-refractivity contribution in [2.24, 2.45) is 0 Å². The van der Waals surface area contributed by atoms with Gasteiger partial charge in [-0.2, -0.15) is 0 Å². The Labute approximate surface area is 149 Å². The van der Waals surface area contributed by atoms with Gasteiger partial charge in [0, 0.05) is 40.0 Å². The Morgan fingerprint density at radius 3 is 2.72 bits per heavy atom. The summed E-state index contributed by atoms with van der Waals surface area (Å²) in [5.41, 5.74) is 5.91. The molecule has 0 radical (unpaired) electrons. The van der Waals surface area contributed by atoms with E-state index in [0.29, 0.717) is 11.5 Å². The van der Waals surface area contributed by atoms with Gasteiger partial charge >= 0.3 is 0 Å². The molecule has 0 N–H and O–H groups in total. The maximum Gasteiger partial charge on any atom is 0.139 e. The minimum atomic E-state index is -1.02. The first-order chi connectivity index (χ1) is 12.1. The predicted octanol–water partition coefficient (Wildman–Crippen LogP) is 3.95. The fourth-order valence-corrected chi connectivity index (χ4v) is 4.33. The Kier molecular flexibility index (Phi) is 4.09. The molecule has 4 rings (SSSR count). The van der Waals surface area contributed by atoms with Crippen molar-refractivity contribution in [1.29, 1.82) is 0 Å². The molecule has 0 aliphatic heterocycles. The lowest BCUT2D eigenvalue weighted by atomic mass is 10.1. The molecular weight excluding hydrogens is 330 g/mol. The lowest BCUT2D eigenvalue weighted by molar-refractivity contribution is 0.682. The molecule has 4 aromatic rings. The van der Waals surface area contributed by atoms with E-state index in [-0.39, 0.29) is 0 Å². The van der Waals surface area contributed by atoms with Crippen molar-refractivity contribution in [2.45, 2.75) is 25.4 Å². The van der Waals surface area contributed by atoms with Gasteiger partial charge in [-0.15, -0.1) is 0 Å². The first-order valence-electron chi connectivity index (χ1n) is 8.23. The zero-order valence-electron chi connectivity index (χ0n) is 14.3. The predicted molar refractivity (Wildman–Crippen MR) is 102 cm³/mol. The Hall–Kier alpha value is -2.53. The minimum absolute atomic E-state index is 0.455. The Bertz CT molecular complexity index is 1100. The normalized spacial score (nSPS) is 12.7. The van der Waals surface area contributed by atoms with Crippen molar-refractivity contribution in [1.82, 2.24) is 14.4 Å². The van der Waals surface area contributed by atoms with Crippen LogP contribution in [0.15, 0.2) is 54.9 Å². The van der Waals surface area contributed by atoms with Crippen LogP contribution >= 0.6 is 0 Å². The van der Waals surface area contributed by atoms with Gasteiger partial charge in [0.2, 0.25) is 0 Å². The molecule has 0 unspecified atom stereocenters. The molecule has 3 heterocycles. The fraction of sp³-hybridized carbons (Fsp3) is 0.200. The smallest absolute Gasteiger partial charge is 0.139 e. The number of fused-ring (bicyclic) bond motifs is 2. The summed E-state index contributed by atoms with van der Waals surface area (Å²) in [5.74, 6) is 0.966. The number of nitrogens with zero attached hydrogens (tertiary/aromatic N) is 3. The fourth-order valence-electron chi connectivity index (χ4n) is 3.18. The monoisotopic (exact) mass is 349 g/mol. The van der Waals surface area contributed by atoms with Crippen LogP contribution in [0.3, 0.4) is 0 Å². The number of imidazole rings is 1. The van der Waals surface area contributed by atoms with E-state index in [9.17, 15) is 4.21 Å². The molecule has 0 amide bonds. The summed E-state index contributed by atoms with van der Waals surface area (Å²) in [5, 5.41) is 1.08. The Morgan fingerprint density at radius 2 is 1.88 bits per heavy atom. The Balaban J connectivity index is 1.61. The van der Waals surface area contributed by atoms with Crippen molar-refractivity contribution >= 4 is 27.3 Å². The molecule has 1 atom stereocenters. The van der Waals surface area contributed by atoms with Crippen LogP contribution in [0.4, 0.5) is 0 Å². The van der Waals surface area contributed by atoms with Crippen LogP contribution in [-0.2, 0) is 22.3 Å². The molecule has 0 saturated carbocycles. The van der Waals surface area contributed by atoms with Gasteiger partial charge in [0.05, 0.1) is 17.0 Å². The molecule has 0 bridgehead atoms. The summed E-state index contributed by atoms with van der Waals surface area (Å²) < 4.78 is 14.7. The third-order valence-electron chi connectivity index (χ3n) is 4.28. The number of hydrogen-bond acceptors (Lipinski definition) is 3. The second-order valence-electron chi connectivity index (χ2n) is 6.32. The van der Waals surface area contributed by atoms with Crippen LogP contribution in [0.2, 0.25) is 0 Å². The van der Waals surface area contributed by atoms with Crippen LogP contribution in [-0.4, -0.2) is 18.6 Å². The summed E-state index contributed by atoms with van der Waals surface area (Å²) in [6, 6.07) is 14.1. The molecule has 0 saturated heterocycles. The third kappa shape index (κ3) is 3.20. The minimum Gasteiger partial charge on any atom is -0.307 e. The molecule has 4 nitrogen and oxygen atoms in total. The van der Waals surface area contributed by atoms with Gasteiger partial charge in [-0.05, 0) is 43.2 Å². The third-order valence-corrected chi connectivity index (χ3v) is 5.53. The summed E-state index contributed by atoms with van der Waals surface area (Å²) in [6.07, 6.45) is 3.94. The molecule has 0 aliphatic rings. The van der Waals surface area contributed by atoms with Gasteiger partial charge in [-0.1, -0.05) is 24.3 Å². The van der Waals surface area contributed by atoms with Gasteiger partial charge < -0.3 is 4.40 Å². The Morgan fingerprint density at radius 1 is 1.04 bits per heavy atom. The zero-order chi connectivity index (χ0) is 17.4. The molecule has 1 aromatic carbocycles. The van der Waals surface area contributed by atoms with Gasteiger partial charge in [0.1, 0.15) is 5.65 Å². The van der Waals surface area contributed by atoms with E-state index in [1.165, 1.54) is 0 Å². The maximum absolute atomic E-state index is 12.7. The average molecular weight is 349 g/mol. The zero-order valence-corrected chi connectivity index (χ0v) is 15.1. The topological polar surface area (TPSA) is 47.3 Å². The molecule has 0 aliphatic carbocycles. The molecule has 3 aromatic heterocycles. The number of aromatic nitrogens is 3. The molecule has 25 heavy (non-hydrogen) atoms. The first kappa shape index (κ1) is 16.0. The lowest BCUT2D eigenvalue weighted by Gasteiger charge is -2.07. The summed E-state index contributed by atoms with van der Waals surface area (Å²) in [6.45, 7) is 4.01. The number of benzene rings is 1. The quantitative estimate of drug-likeness (QED) is 0.560.